The van der Waals surface area contributed by atoms with Gasteiger partial charge >= 0.3 is 5.97 Å². The molecule has 4 heteroatoms. The van der Waals surface area contributed by atoms with Gasteiger partial charge in [-0.2, -0.15) is 0 Å². The zero-order valence-electron chi connectivity index (χ0n) is 12.3. The first-order chi connectivity index (χ1) is 9.99. The van der Waals surface area contributed by atoms with E-state index < -0.39 is 17.3 Å². The van der Waals surface area contributed by atoms with Gasteiger partial charge in [0, 0.05) is 0 Å². The van der Waals surface area contributed by atoms with E-state index in [9.17, 15) is 9.18 Å². The SMILES string of the molecule is CC(CC(Cl)c1ccc(C2CCCCC2)c(F)c1)C(=O)O. The molecule has 2 unspecified atom stereocenters. The van der Waals surface area contributed by atoms with Crippen molar-refractivity contribution in [3.05, 3.63) is 35.1 Å². The van der Waals surface area contributed by atoms with Crippen molar-refractivity contribution in [2.24, 2.45) is 5.92 Å². The Kier molecular flexibility index (Phi) is 5.63. The van der Waals surface area contributed by atoms with Crippen LogP contribution in [0.25, 0.3) is 0 Å². The molecule has 1 saturated carbocycles. The van der Waals surface area contributed by atoms with Crippen LogP contribution in [0.1, 0.15) is 67.9 Å². The number of halogens is 2. The van der Waals surface area contributed by atoms with Crippen LogP contribution >= 0.6 is 11.6 Å². The quantitative estimate of drug-likeness (QED) is 0.752. The Morgan fingerprint density at radius 1 is 1.38 bits per heavy atom. The van der Waals surface area contributed by atoms with E-state index >= 15 is 0 Å². The number of benzene rings is 1. The summed E-state index contributed by atoms with van der Waals surface area (Å²) in [4.78, 5) is 10.9. The summed E-state index contributed by atoms with van der Waals surface area (Å²) in [7, 11) is 0. The van der Waals surface area contributed by atoms with Crippen molar-refractivity contribution in [2.45, 2.75) is 56.7 Å². The molecule has 0 amide bonds. The van der Waals surface area contributed by atoms with Crippen LogP contribution in [0.4, 0.5) is 4.39 Å². The number of alkyl halides is 1. The highest BCUT2D eigenvalue weighted by Gasteiger charge is 2.22. The number of hydrogen-bond donors (Lipinski definition) is 1. The molecule has 0 aliphatic heterocycles. The highest BCUT2D eigenvalue weighted by atomic mass is 35.5. The molecule has 0 spiro atoms. The number of carbonyl (C=O) groups is 1. The highest BCUT2D eigenvalue weighted by molar-refractivity contribution is 6.20. The van der Waals surface area contributed by atoms with Gasteiger partial charge in [0.2, 0.25) is 0 Å². The van der Waals surface area contributed by atoms with Crippen LogP contribution < -0.4 is 0 Å². The van der Waals surface area contributed by atoms with Gasteiger partial charge in [0.25, 0.3) is 0 Å². The average Bonchev–Trinajstić information content (AvgIpc) is 2.47. The summed E-state index contributed by atoms with van der Waals surface area (Å²) in [5.74, 6) is -1.29. The number of rotatable bonds is 5. The van der Waals surface area contributed by atoms with E-state index in [1.165, 1.54) is 25.3 Å². The first kappa shape index (κ1) is 16.3. The molecule has 2 atom stereocenters. The minimum Gasteiger partial charge on any atom is -0.481 e. The predicted molar refractivity (Wildman–Crippen MR) is 82.2 cm³/mol. The lowest BCUT2D eigenvalue weighted by atomic mass is 9.83. The van der Waals surface area contributed by atoms with E-state index in [4.69, 9.17) is 16.7 Å². The molecule has 1 aromatic rings. The summed E-state index contributed by atoms with van der Waals surface area (Å²) in [5, 5.41) is 8.45. The zero-order valence-corrected chi connectivity index (χ0v) is 13.1. The van der Waals surface area contributed by atoms with Crippen molar-refractivity contribution in [1.82, 2.24) is 0 Å². The normalized spacial score (nSPS) is 19.2. The number of carboxylic acid groups (broad SMARTS) is 1. The Bertz CT molecular complexity index is 498. The first-order valence-electron chi connectivity index (χ1n) is 7.65. The molecule has 0 heterocycles. The molecule has 0 radical (unpaired) electrons. The van der Waals surface area contributed by atoms with Crippen LogP contribution in [0.15, 0.2) is 18.2 Å². The second-order valence-corrected chi connectivity index (χ2v) is 6.59. The van der Waals surface area contributed by atoms with Crippen molar-refractivity contribution in [3.63, 3.8) is 0 Å². The summed E-state index contributed by atoms with van der Waals surface area (Å²) in [6.45, 7) is 1.62. The van der Waals surface area contributed by atoms with E-state index in [1.807, 2.05) is 12.1 Å². The van der Waals surface area contributed by atoms with Crippen LogP contribution in [0.3, 0.4) is 0 Å². The van der Waals surface area contributed by atoms with Crippen LogP contribution in [0.2, 0.25) is 0 Å². The van der Waals surface area contributed by atoms with Gasteiger partial charge < -0.3 is 5.11 Å². The number of aliphatic carboxylic acids is 1. The van der Waals surface area contributed by atoms with Gasteiger partial charge in [-0.25, -0.2) is 4.39 Å². The van der Waals surface area contributed by atoms with Gasteiger partial charge in [0.1, 0.15) is 5.82 Å². The standard InChI is InChI=1S/C17H22ClFO2/c1-11(17(20)21)9-15(18)13-7-8-14(16(19)10-13)12-5-3-2-4-6-12/h7-8,10-12,15H,2-6,9H2,1H3,(H,20,21). The Morgan fingerprint density at radius 3 is 2.62 bits per heavy atom. The molecule has 0 saturated heterocycles. The Labute approximate surface area is 130 Å². The van der Waals surface area contributed by atoms with Crippen LogP contribution in [-0.2, 0) is 4.79 Å². The minimum atomic E-state index is -0.875. The molecule has 0 aromatic heterocycles. The molecule has 1 aromatic carbocycles. The second-order valence-electron chi connectivity index (χ2n) is 6.06. The Balaban J connectivity index is 2.09. The summed E-state index contributed by atoms with van der Waals surface area (Å²) in [5.41, 5.74) is 1.45. The summed E-state index contributed by atoms with van der Waals surface area (Å²) in [6, 6.07) is 5.16. The molecule has 116 valence electrons. The molecular weight excluding hydrogens is 291 g/mol. The van der Waals surface area contributed by atoms with Gasteiger partial charge in [-0.05, 0) is 42.4 Å². The molecule has 1 aliphatic rings. The van der Waals surface area contributed by atoms with Crippen molar-refractivity contribution >= 4 is 17.6 Å². The Morgan fingerprint density at radius 2 is 2.05 bits per heavy atom. The first-order valence-corrected chi connectivity index (χ1v) is 8.09. The fraction of sp³-hybridized carbons (Fsp3) is 0.588. The lowest BCUT2D eigenvalue weighted by Crippen LogP contribution is -2.12. The third-order valence-corrected chi connectivity index (χ3v) is 4.84. The fourth-order valence-corrected chi connectivity index (χ4v) is 3.43. The van der Waals surface area contributed by atoms with E-state index in [1.54, 1.807) is 6.92 Å². The van der Waals surface area contributed by atoms with Gasteiger partial charge in [-0.15, -0.1) is 11.6 Å². The Hall–Kier alpha value is -1.09. The van der Waals surface area contributed by atoms with Gasteiger partial charge in [-0.3, -0.25) is 4.79 Å². The number of hydrogen-bond acceptors (Lipinski definition) is 1. The van der Waals surface area contributed by atoms with Gasteiger partial charge in [0.05, 0.1) is 11.3 Å². The van der Waals surface area contributed by atoms with E-state index in [2.05, 4.69) is 0 Å². The topological polar surface area (TPSA) is 37.3 Å². The third-order valence-electron chi connectivity index (χ3n) is 4.41. The maximum absolute atomic E-state index is 14.3. The zero-order chi connectivity index (χ0) is 15.4. The molecular formula is C17H22ClFO2. The van der Waals surface area contributed by atoms with Crippen molar-refractivity contribution in [3.8, 4) is 0 Å². The lowest BCUT2D eigenvalue weighted by Gasteiger charge is -2.23. The monoisotopic (exact) mass is 312 g/mol. The maximum Gasteiger partial charge on any atom is 0.306 e. The lowest BCUT2D eigenvalue weighted by molar-refractivity contribution is -0.141. The average molecular weight is 313 g/mol. The van der Waals surface area contributed by atoms with Crippen molar-refractivity contribution in [1.29, 1.82) is 0 Å². The van der Waals surface area contributed by atoms with E-state index in [0.717, 1.165) is 18.4 Å². The van der Waals surface area contributed by atoms with Gasteiger partial charge in [-0.1, -0.05) is 38.3 Å². The number of carboxylic acids is 1. The van der Waals surface area contributed by atoms with Gasteiger partial charge in [0.15, 0.2) is 0 Å². The van der Waals surface area contributed by atoms with E-state index in [0.29, 0.717) is 17.9 Å². The molecule has 1 N–H and O–H groups in total. The van der Waals surface area contributed by atoms with Crippen LogP contribution in [0.5, 0.6) is 0 Å². The van der Waals surface area contributed by atoms with Crippen molar-refractivity contribution in [2.75, 3.05) is 0 Å². The molecule has 0 bridgehead atoms. The molecule has 2 nitrogen and oxygen atoms in total. The molecule has 2 rings (SSSR count). The fourth-order valence-electron chi connectivity index (χ4n) is 3.03. The van der Waals surface area contributed by atoms with Crippen LogP contribution in [-0.4, -0.2) is 11.1 Å². The second kappa shape index (κ2) is 7.26. The molecule has 1 fully saturated rings. The van der Waals surface area contributed by atoms with Crippen LogP contribution in [0, 0.1) is 11.7 Å². The smallest absolute Gasteiger partial charge is 0.306 e. The molecule has 21 heavy (non-hydrogen) atoms. The summed E-state index contributed by atoms with van der Waals surface area (Å²) >= 11 is 6.23. The highest BCUT2D eigenvalue weighted by Crippen LogP contribution is 2.36. The maximum atomic E-state index is 14.3. The van der Waals surface area contributed by atoms with E-state index in [-0.39, 0.29) is 5.82 Å². The largest absolute Gasteiger partial charge is 0.481 e. The minimum absolute atomic E-state index is 0.201. The predicted octanol–water partition coefficient (Wildman–Crippen LogP) is 5.26. The summed E-state index contributed by atoms with van der Waals surface area (Å²) < 4.78 is 14.3. The molecule has 1 aliphatic carbocycles. The summed E-state index contributed by atoms with van der Waals surface area (Å²) in [6.07, 6.45) is 5.99. The third kappa shape index (κ3) is 4.19. The van der Waals surface area contributed by atoms with Crippen molar-refractivity contribution < 1.29 is 14.3 Å².